The maximum atomic E-state index is 9.00. The summed E-state index contributed by atoms with van der Waals surface area (Å²) in [5.74, 6) is 0.972. The van der Waals surface area contributed by atoms with E-state index >= 15 is 0 Å². The van der Waals surface area contributed by atoms with Gasteiger partial charge in [0.2, 0.25) is 0 Å². The van der Waals surface area contributed by atoms with Crippen LogP contribution in [0.25, 0.3) is 0 Å². The molecular formula is C14H20O3. The van der Waals surface area contributed by atoms with Crippen LogP contribution in [0.3, 0.4) is 0 Å². The molecule has 1 rings (SSSR count). The normalized spacial score (nSPS) is 12.2. The van der Waals surface area contributed by atoms with E-state index < -0.39 is 0 Å². The van der Waals surface area contributed by atoms with Crippen molar-refractivity contribution in [1.82, 2.24) is 0 Å². The molecular weight excluding hydrogens is 216 g/mol. The van der Waals surface area contributed by atoms with Gasteiger partial charge in [0.1, 0.15) is 5.75 Å². The third-order valence-electron chi connectivity index (χ3n) is 2.70. The fourth-order valence-corrected chi connectivity index (χ4v) is 1.68. The zero-order chi connectivity index (χ0) is 12.7. The molecule has 0 spiro atoms. The topological polar surface area (TPSA) is 38.7 Å². The molecule has 3 heteroatoms. The minimum absolute atomic E-state index is 0.152. The molecule has 0 saturated carbocycles. The summed E-state index contributed by atoms with van der Waals surface area (Å²) in [5, 5.41) is 9.00. The first-order valence-corrected chi connectivity index (χ1v) is 5.68. The molecule has 0 aliphatic carbocycles. The molecule has 3 nitrogen and oxygen atoms in total. The van der Waals surface area contributed by atoms with Crippen molar-refractivity contribution in [3.05, 3.63) is 42.0 Å². The van der Waals surface area contributed by atoms with Crippen molar-refractivity contribution >= 4 is 0 Å². The maximum absolute atomic E-state index is 9.00. The van der Waals surface area contributed by atoms with Crippen LogP contribution in [-0.2, 0) is 4.74 Å². The first-order chi connectivity index (χ1) is 8.22. The van der Waals surface area contributed by atoms with E-state index in [9.17, 15) is 0 Å². The molecule has 0 bridgehead atoms. The summed E-state index contributed by atoms with van der Waals surface area (Å²) in [6.45, 7) is 6.17. The monoisotopic (exact) mass is 236 g/mol. The quantitative estimate of drug-likeness (QED) is 0.584. The standard InChI is InChI=1S/C14H20O3/c1-4-12(7-8-15)13-6-5-11(2)14(9-13)17-10-16-3/h4-6,9,12,15H,1,7-8,10H2,2-3H3. The van der Waals surface area contributed by atoms with Crippen molar-refractivity contribution in [2.24, 2.45) is 0 Å². The highest BCUT2D eigenvalue weighted by molar-refractivity contribution is 5.39. The van der Waals surface area contributed by atoms with Crippen molar-refractivity contribution in [3.8, 4) is 5.75 Å². The molecule has 94 valence electrons. The lowest BCUT2D eigenvalue weighted by molar-refractivity contribution is 0.0505. The van der Waals surface area contributed by atoms with Gasteiger partial charge >= 0.3 is 0 Å². The largest absolute Gasteiger partial charge is 0.467 e. The van der Waals surface area contributed by atoms with Gasteiger partial charge in [0.15, 0.2) is 6.79 Å². The Kier molecular flexibility index (Phi) is 5.73. The van der Waals surface area contributed by atoms with Crippen LogP contribution in [0.15, 0.2) is 30.9 Å². The van der Waals surface area contributed by atoms with E-state index in [1.54, 1.807) is 7.11 Å². The summed E-state index contributed by atoms with van der Waals surface area (Å²) in [7, 11) is 1.59. The van der Waals surface area contributed by atoms with E-state index in [0.717, 1.165) is 16.9 Å². The van der Waals surface area contributed by atoms with Gasteiger partial charge in [-0.3, -0.25) is 0 Å². The SMILES string of the molecule is C=CC(CCO)c1ccc(C)c(OCOC)c1. The van der Waals surface area contributed by atoms with E-state index in [4.69, 9.17) is 14.6 Å². The lowest BCUT2D eigenvalue weighted by atomic mass is 9.95. The molecule has 0 fully saturated rings. The Morgan fingerprint density at radius 2 is 2.24 bits per heavy atom. The molecule has 0 aliphatic heterocycles. The summed E-state index contributed by atoms with van der Waals surface area (Å²) < 4.78 is 10.4. The highest BCUT2D eigenvalue weighted by Gasteiger charge is 2.09. The molecule has 1 N–H and O–H groups in total. The van der Waals surface area contributed by atoms with Crippen molar-refractivity contribution in [2.75, 3.05) is 20.5 Å². The van der Waals surface area contributed by atoms with E-state index in [1.165, 1.54) is 0 Å². The predicted octanol–water partition coefficient (Wildman–Crippen LogP) is 2.63. The van der Waals surface area contributed by atoms with Crippen molar-refractivity contribution in [3.63, 3.8) is 0 Å². The molecule has 0 saturated heterocycles. The first-order valence-electron chi connectivity index (χ1n) is 5.68. The molecule has 0 heterocycles. The Balaban J connectivity index is 2.89. The number of hydrogen-bond donors (Lipinski definition) is 1. The number of ether oxygens (including phenoxy) is 2. The number of hydrogen-bond acceptors (Lipinski definition) is 3. The third kappa shape index (κ3) is 3.88. The predicted molar refractivity (Wildman–Crippen MR) is 68.3 cm³/mol. The van der Waals surface area contributed by atoms with E-state index in [-0.39, 0.29) is 19.3 Å². The molecule has 1 atom stereocenters. The van der Waals surface area contributed by atoms with Crippen molar-refractivity contribution in [2.45, 2.75) is 19.3 Å². The lowest BCUT2D eigenvalue weighted by Gasteiger charge is -2.15. The summed E-state index contributed by atoms with van der Waals surface area (Å²) in [6, 6.07) is 6.03. The Bertz CT molecular complexity index is 360. The second kappa shape index (κ2) is 7.09. The van der Waals surface area contributed by atoms with Crippen molar-refractivity contribution < 1.29 is 14.6 Å². The zero-order valence-corrected chi connectivity index (χ0v) is 10.5. The Labute approximate surface area is 103 Å². The first kappa shape index (κ1) is 13.7. The average molecular weight is 236 g/mol. The van der Waals surface area contributed by atoms with Gasteiger partial charge < -0.3 is 14.6 Å². The zero-order valence-electron chi connectivity index (χ0n) is 10.5. The van der Waals surface area contributed by atoms with Crippen LogP contribution in [0.1, 0.15) is 23.5 Å². The van der Waals surface area contributed by atoms with Gasteiger partial charge in [0, 0.05) is 19.6 Å². The molecule has 0 amide bonds. The van der Waals surface area contributed by atoms with Crippen LogP contribution >= 0.6 is 0 Å². The minimum Gasteiger partial charge on any atom is -0.467 e. The van der Waals surface area contributed by atoms with E-state index in [0.29, 0.717) is 6.42 Å². The summed E-state index contributed by atoms with van der Waals surface area (Å²) in [5.41, 5.74) is 2.17. The number of aliphatic hydroxyl groups is 1. The fourth-order valence-electron chi connectivity index (χ4n) is 1.68. The van der Waals surface area contributed by atoms with Gasteiger partial charge in [-0.1, -0.05) is 18.2 Å². The number of methoxy groups -OCH3 is 1. The van der Waals surface area contributed by atoms with E-state index in [1.807, 2.05) is 31.2 Å². The number of aryl methyl sites for hydroxylation is 1. The van der Waals surface area contributed by atoms with Gasteiger partial charge in [-0.05, 0) is 30.5 Å². The maximum Gasteiger partial charge on any atom is 0.188 e. The fraction of sp³-hybridized carbons (Fsp3) is 0.429. The van der Waals surface area contributed by atoms with Gasteiger partial charge in [0.25, 0.3) is 0 Å². The van der Waals surface area contributed by atoms with Gasteiger partial charge in [-0.2, -0.15) is 0 Å². The third-order valence-corrected chi connectivity index (χ3v) is 2.70. The van der Waals surface area contributed by atoms with Gasteiger partial charge in [-0.15, -0.1) is 6.58 Å². The van der Waals surface area contributed by atoms with Crippen LogP contribution in [0.5, 0.6) is 5.75 Å². The lowest BCUT2D eigenvalue weighted by Crippen LogP contribution is -2.03. The second-order valence-electron chi connectivity index (χ2n) is 3.93. The number of rotatable bonds is 7. The molecule has 1 unspecified atom stereocenters. The molecule has 0 aliphatic rings. The molecule has 1 aromatic rings. The van der Waals surface area contributed by atoms with E-state index in [2.05, 4.69) is 6.58 Å². The van der Waals surface area contributed by atoms with Crippen LogP contribution in [-0.4, -0.2) is 25.6 Å². The Hall–Kier alpha value is -1.32. The summed E-state index contributed by atoms with van der Waals surface area (Å²) in [6.07, 6.45) is 2.53. The summed E-state index contributed by atoms with van der Waals surface area (Å²) >= 11 is 0. The minimum atomic E-state index is 0.152. The average Bonchev–Trinajstić information content (AvgIpc) is 2.35. The number of allylic oxidation sites excluding steroid dienone is 1. The van der Waals surface area contributed by atoms with Crippen LogP contribution in [0.2, 0.25) is 0 Å². The molecule has 1 aromatic carbocycles. The van der Waals surface area contributed by atoms with Gasteiger partial charge in [-0.25, -0.2) is 0 Å². The Morgan fingerprint density at radius 3 is 2.82 bits per heavy atom. The second-order valence-corrected chi connectivity index (χ2v) is 3.93. The highest BCUT2D eigenvalue weighted by Crippen LogP contribution is 2.27. The Morgan fingerprint density at radius 1 is 1.47 bits per heavy atom. The van der Waals surface area contributed by atoms with Crippen LogP contribution < -0.4 is 4.74 Å². The van der Waals surface area contributed by atoms with Crippen LogP contribution in [0, 0.1) is 6.92 Å². The number of aliphatic hydroxyl groups excluding tert-OH is 1. The summed E-state index contributed by atoms with van der Waals surface area (Å²) in [4.78, 5) is 0. The smallest absolute Gasteiger partial charge is 0.188 e. The van der Waals surface area contributed by atoms with Crippen LogP contribution in [0.4, 0.5) is 0 Å². The molecule has 0 aromatic heterocycles. The van der Waals surface area contributed by atoms with Gasteiger partial charge in [0.05, 0.1) is 0 Å². The molecule has 17 heavy (non-hydrogen) atoms. The highest BCUT2D eigenvalue weighted by atomic mass is 16.7. The van der Waals surface area contributed by atoms with Crippen molar-refractivity contribution in [1.29, 1.82) is 0 Å². The molecule has 0 radical (unpaired) electrons. The number of benzene rings is 1.